The highest BCUT2D eigenvalue weighted by molar-refractivity contribution is 5.95. The Morgan fingerprint density at radius 3 is 2.84 bits per heavy atom. The van der Waals surface area contributed by atoms with E-state index in [0.29, 0.717) is 25.9 Å². The van der Waals surface area contributed by atoms with Gasteiger partial charge in [-0.2, -0.15) is 5.10 Å². The Balaban J connectivity index is 1.59. The molecule has 2 saturated heterocycles. The lowest BCUT2D eigenvalue weighted by Crippen LogP contribution is -2.62. The van der Waals surface area contributed by atoms with Crippen LogP contribution in [-0.2, 0) is 16.1 Å². The first-order valence-corrected chi connectivity index (χ1v) is 8.48. The van der Waals surface area contributed by atoms with Gasteiger partial charge in [-0.25, -0.2) is 4.68 Å². The molecule has 2 aromatic rings. The smallest absolute Gasteiger partial charge is 0.246 e. The average Bonchev–Trinajstić information content (AvgIpc) is 3.14. The second kappa shape index (κ2) is 6.33. The van der Waals surface area contributed by atoms with Gasteiger partial charge in [-0.1, -0.05) is 18.2 Å². The number of benzene rings is 1. The van der Waals surface area contributed by atoms with E-state index >= 15 is 0 Å². The number of para-hydroxylation sites is 1. The molecule has 7 nitrogen and oxygen atoms in total. The highest BCUT2D eigenvalue weighted by atomic mass is 16.3. The van der Waals surface area contributed by atoms with Crippen LogP contribution >= 0.6 is 0 Å². The summed E-state index contributed by atoms with van der Waals surface area (Å²) < 4.78 is 1.75. The summed E-state index contributed by atoms with van der Waals surface area (Å²) in [6, 6.07) is 9.01. The molecule has 2 aliphatic rings. The molecule has 0 bridgehead atoms. The highest BCUT2D eigenvalue weighted by Gasteiger charge is 2.42. The minimum absolute atomic E-state index is 0.0481. The SMILES string of the molecule is O=C1[C@H]2C[C@@H](O)CCN2C(=O)CN1Cc1ccccc1-n1cccn1. The summed E-state index contributed by atoms with van der Waals surface area (Å²) in [6.45, 7) is 0.883. The second-order valence-electron chi connectivity index (χ2n) is 6.55. The van der Waals surface area contributed by atoms with Crippen molar-refractivity contribution in [3.05, 3.63) is 48.3 Å². The van der Waals surface area contributed by atoms with Crippen molar-refractivity contribution >= 4 is 11.8 Å². The van der Waals surface area contributed by atoms with Gasteiger partial charge < -0.3 is 14.9 Å². The van der Waals surface area contributed by atoms with Crippen LogP contribution in [0.1, 0.15) is 18.4 Å². The molecule has 2 atom stereocenters. The Kier molecular flexibility index (Phi) is 4.01. The molecule has 2 aliphatic heterocycles. The minimum Gasteiger partial charge on any atom is -0.393 e. The van der Waals surface area contributed by atoms with Gasteiger partial charge in [0.15, 0.2) is 0 Å². The Labute approximate surface area is 145 Å². The molecular formula is C18H20N4O3. The number of nitrogens with zero attached hydrogens (tertiary/aromatic N) is 4. The number of aliphatic hydroxyl groups excluding tert-OH is 1. The fraction of sp³-hybridized carbons (Fsp3) is 0.389. The van der Waals surface area contributed by atoms with Crippen LogP contribution in [-0.4, -0.2) is 61.7 Å². The van der Waals surface area contributed by atoms with E-state index in [2.05, 4.69) is 5.10 Å². The fourth-order valence-electron chi connectivity index (χ4n) is 3.64. The first kappa shape index (κ1) is 15.8. The minimum atomic E-state index is -0.540. The highest BCUT2D eigenvalue weighted by Crippen LogP contribution is 2.25. The maximum absolute atomic E-state index is 12.9. The van der Waals surface area contributed by atoms with Crippen LogP contribution in [0.25, 0.3) is 5.69 Å². The quantitative estimate of drug-likeness (QED) is 0.886. The normalized spacial score (nSPS) is 23.7. The van der Waals surface area contributed by atoms with Gasteiger partial charge in [-0.15, -0.1) is 0 Å². The number of piperazine rings is 1. The van der Waals surface area contributed by atoms with Crippen LogP contribution in [0.5, 0.6) is 0 Å². The summed E-state index contributed by atoms with van der Waals surface area (Å²) in [6.07, 6.45) is 3.89. The third-order valence-corrected chi connectivity index (χ3v) is 4.92. The molecule has 2 amide bonds. The molecule has 4 rings (SSSR count). The summed E-state index contributed by atoms with van der Waals surface area (Å²) >= 11 is 0. The molecule has 1 N–H and O–H groups in total. The van der Waals surface area contributed by atoms with Crippen LogP contribution in [0.4, 0.5) is 0 Å². The molecule has 3 heterocycles. The number of carbonyl (C=O) groups is 2. The van der Waals surface area contributed by atoms with Gasteiger partial charge in [0.2, 0.25) is 11.8 Å². The van der Waals surface area contributed by atoms with Crippen LogP contribution in [0.15, 0.2) is 42.7 Å². The van der Waals surface area contributed by atoms with Crippen LogP contribution < -0.4 is 0 Å². The van der Waals surface area contributed by atoms with Gasteiger partial charge in [0.1, 0.15) is 12.6 Å². The van der Waals surface area contributed by atoms with Crippen molar-refractivity contribution in [2.24, 2.45) is 0 Å². The molecule has 2 fully saturated rings. The molecule has 0 radical (unpaired) electrons. The first-order chi connectivity index (χ1) is 12.1. The number of fused-ring (bicyclic) bond motifs is 1. The van der Waals surface area contributed by atoms with E-state index in [4.69, 9.17) is 0 Å². The number of carbonyl (C=O) groups excluding carboxylic acids is 2. The van der Waals surface area contributed by atoms with Crippen LogP contribution in [0, 0.1) is 0 Å². The Morgan fingerprint density at radius 2 is 2.04 bits per heavy atom. The van der Waals surface area contributed by atoms with Crippen molar-refractivity contribution in [1.82, 2.24) is 19.6 Å². The second-order valence-corrected chi connectivity index (χ2v) is 6.55. The van der Waals surface area contributed by atoms with E-state index in [-0.39, 0.29) is 18.4 Å². The first-order valence-electron chi connectivity index (χ1n) is 8.48. The van der Waals surface area contributed by atoms with E-state index < -0.39 is 12.1 Å². The monoisotopic (exact) mass is 340 g/mol. The molecule has 0 aliphatic carbocycles. The zero-order valence-corrected chi connectivity index (χ0v) is 13.8. The van der Waals surface area contributed by atoms with Gasteiger partial charge in [0, 0.05) is 31.9 Å². The molecular weight excluding hydrogens is 320 g/mol. The summed E-state index contributed by atoms with van der Waals surface area (Å²) in [5, 5.41) is 14.1. The molecule has 0 saturated carbocycles. The number of amides is 2. The van der Waals surface area contributed by atoms with Crippen LogP contribution in [0.3, 0.4) is 0 Å². The largest absolute Gasteiger partial charge is 0.393 e. The Bertz CT molecular complexity index is 789. The maximum atomic E-state index is 12.9. The van der Waals surface area contributed by atoms with Gasteiger partial charge >= 0.3 is 0 Å². The number of aliphatic hydroxyl groups is 1. The van der Waals surface area contributed by atoms with Crippen molar-refractivity contribution in [2.45, 2.75) is 31.5 Å². The fourth-order valence-corrected chi connectivity index (χ4v) is 3.64. The number of hydrogen-bond donors (Lipinski definition) is 1. The summed E-state index contributed by atoms with van der Waals surface area (Å²) in [5.74, 6) is -0.137. The van der Waals surface area contributed by atoms with E-state index in [1.807, 2.05) is 36.5 Å². The van der Waals surface area contributed by atoms with Gasteiger partial charge in [0.25, 0.3) is 0 Å². The zero-order valence-electron chi connectivity index (χ0n) is 13.8. The third-order valence-electron chi connectivity index (χ3n) is 4.92. The topological polar surface area (TPSA) is 78.7 Å². The standard InChI is InChI=1S/C18H20N4O3/c23-14-6-9-21-16(10-14)18(25)20(12-17(21)24)11-13-4-1-2-5-15(13)22-8-3-7-19-22/h1-5,7-8,14,16,23H,6,9-12H2/t14-,16+/m0/s1. The van der Waals surface area contributed by atoms with Crippen LogP contribution in [0.2, 0.25) is 0 Å². The molecule has 130 valence electrons. The lowest BCUT2D eigenvalue weighted by atomic mass is 9.95. The molecule has 0 unspecified atom stereocenters. The van der Waals surface area contributed by atoms with E-state index in [0.717, 1.165) is 11.3 Å². The van der Waals surface area contributed by atoms with Gasteiger partial charge in [0.05, 0.1) is 11.8 Å². The molecule has 0 spiro atoms. The van der Waals surface area contributed by atoms with E-state index in [9.17, 15) is 14.7 Å². The average molecular weight is 340 g/mol. The maximum Gasteiger partial charge on any atom is 0.246 e. The van der Waals surface area contributed by atoms with Gasteiger partial charge in [-0.3, -0.25) is 9.59 Å². The van der Waals surface area contributed by atoms with Crippen molar-refractivity contribution in [1.29, 1.82) is 0 Å². The van der Waals surface area contributed by atoms with Crippen molar-refractivity contribution in [3.63, 3.8) is 0 Å². The van der Waals surface area contributed by atoms with E-state index in [1.54, 1.807) is 20.7 Å². The number of aromatic nitrogens is 2. The zero-order chi connectivity index (χ0) is 17.4. The van der Waals surface area contributed by atoms with Crippen molar-refractivity contribution in [2.75, 3.05) is 13.1 Å². The Morgan fingerprint density at radius 1 is 1.20 bits per heavy atom. The lowest BCUT2D eigenvalue weighted by molar-refractivity contribution is -0.160. The molecule has 25 heavy (non-hydrogen) atoms. The molecule has 7 heteroatoms. The Hall–Kier alpha value is -2.67. The summed E-state index contributed by atoms with van der Waals surface area (Å²) in [5.41, 5.74) is 1.82. The summed E-state index contributed by atoms with van der Waals surface area (Å²) in [7, 11) is 0. The van der Waals surface area contributed by atoms with Crippen molar-refractivity contribution < 1.29 is 14.7 Å². The number of rotatable bonds is 3. The number of hydrogen-bond acceptors (Lipinski definition) is 4. The molecule has 1 aromatic carbocycles. The lowest BCUT2D eigenvalue weighted by Gasteiger charge is -2.44. The number of piperidine rings is 1. The van der Waals surface area contributed by atoms with Gasteiger partial charge in [-0.05, 0) is 24.1 Å². The van der Waals surface area contributed by atoms with E-state index in [1.165, 1.54) is 0 Å². The summed E-state index contributed by atoms with van der Waals surface area (Å²) in [4.78, 5) is 28.5. The predicted molar refractivity (Wildman–Crippen MR) is 89.7 cm³/mol. The molecule has 1 aromatic heterocycles. The predicted octanol–water partition coefficient (Wildman–Crippen LogP) is 0.566. The third kappa shape index (κ3) is 2.91. The van der Waals surface area contributed by atoms with Crippen molar-refractivity contribution in [3.8, 4) is 5.69 Å².